The number of fused-ring (bicyclic) bond motifs is 1. The van der Waals surface area contributed by atoms with Crippen LogP contribution < -0.4 is 5.32 Å². The molecule has 1 fully saturated rings. The van der Waals surface area contributed by atoms with Gasteiger partial charge in [0.15, 0.2) is 0 Å². The molecule has 180 valence electrons. The Balaban J connectivity index is 2.10. The fourth-order valence-electron chi connectivity index (χ4n) is 5.35. The highest BCUT2D eigenvalue weighted by Crippen LogP contribution is 2.48. The van der Waals surface area contributed by atoms with E-state index >= 15 is 0 Å². The zero-order chi connectivity index (χ0) is 24.1. The molecule has 7 nitrogen and oxygen atoms in total. The number of nitrogens with one attached hydrogen (secondary N) is 1. The zero-order valence-electron chi connectivity index (χ0n) is 19.9. The van der Waals surface area contributed by atoms with E-state index in [1.54, 1.807) is 6.92 Å². The van der Waals surface area contributed by atoms with Gasteiger partial charge in [-0.1, -0.05) is 55.8 Å². The van der Waals surface area contributed by atoms with E-state index < -0.39 is 35.8 Å². The molecule has 1 aliphatic heterocycles. The van der Waals surface area contributed by atoms with Crippen LogP contribution in [-0.4, -0.2) is 53.1 Å². The number of benzene rings is 1. The molecule has 0 saturated carbocycles. The van der Waals surface area contributed by atoms with E-state index in [2.05, 4.69) is 5.32 Å². The van der Waals surface area contributed by atoms with Crippen molar-refractivity contribution in [2.75, 3.05) is 13.2 Å². The lowest BCUT2D eigenvalue weighted by atomic mass is 9.69. The third-order valence-corrected chi connectivity index (χ3v) is 6.62. The number of carbonyl (C=O) groups is 3. The summed E-state index contributed by atoms with van der Waals surface area (Å²) >= 11 is 0. The van der Waals surface area contributed by atoms with Crippen molar-refractivity contribution in [3.63, 3.8) is 0 Å². The number of hydrogen-bond donors (Lipinski definition) is 2. The van der Waals surface area contributed by atoms with Crippen molar-refractivity contribution < 1.29 is 24.2 Å². The van der Waals surface area contributed by atoms with Gasteiger partial charge in [0.2, 0.25) is 11.8 Å². The molecule has 1 aromatic carbocycles. The number of nitrogens with zero attached hydrogens (tertiary/aromatic N) is 1. The van der Waals surface area contributed by atoms with Gasteiger partial charge in [-0.2, -0.15) is 0 Å². The van der Waals surface area contributed by atoms with Crippen LogP contribution in [0.1, 0.15) is 52.1 Å². The molecule has 1 aromatic rings. The van der Waals surface area contributed by atoms with Gasteiger partial charge in [0, 0.05) is 12.0 Å². The molecule has 2 amide bonds. The van der Waals surface area contributed by atoms with Crippen LogP contribution in [0.4, 0.5) is 0 Å². The lowest BCUT2D eigenvalue weighted by Gasteiger charge is -2.34. The molecule has 0 spiro atoms. The van der Waals surface area contributed by atoms with Crippen LogP contribution in [-0.2, 0) is 19.1 Å². The normalized spacial score (nSPS) is 27.4. The summed E-state index contributed by atoms with van der Waals surface area (Å²) in [6.07, 6.45) is 5.53. The molecule has 2 N–H and O–H groups in total. The molecule has 7 heteroatoms. The molecular formula is C26H36N2O5. The highest BCUT2D eigenvalue weighted by Gasteiger charge is 2.59. The molecule has 1 saturated heterocycles. The number of likely N-dealkylation sites (tertiary alicyclic amines) is 1. The number of esters is 1. The minimum atomic E-state index is -0.821. The lowest BCUT2D eigenvalue weighted by Crippen LogP contribution is -2.50. The predicted molar refractivity (Wildman–Crippen MR) is 125 cm³/mol. The Kier molecular flexibility index (Phi) is 8.30. The zero-order valence-corrected chi connectivity index (χ0v) is 19.9. The highest BCUT2D eigenvalue weighted by molar-refractivity contribution is 5.96. The van der Waals surface area contributed by atoms with E-state index in [1.165, 1.54) is 4.90 Å². The van der Waals surface area contributed by atoms with Gasteiger partial charge in [0.25, 0.3) is 0 Å². The van der Waals surface area contributed by atoms with Crippen LogP contribution in [0, 0.1) is 23.7 Å². The number of allylic oxidation sites excluding steroid dienone is 1. The van der Waals surface area contributed by atoms with Crippen LogP contribution in [0.15, 0.2) is 42.5 Å². The number of ether oxygens (including phenoxy) is 1. The van der Waals surface area contributed by atoms with E-state index in [9.17, 15) is 19.5 Å². The summed E-state index contributed by atoms with van der Waals surface area (Å²) in [6, 6.07) is 7.60. The van der Waals surface area contributed by atoms with Gasteiger partial charge in [0.1, 0.15) is 6.04 Å². The van der Waals surface area contributed by atoms with Crippen LogP contribution in [0.2, 0.25) is 0 Å². The van der Waals surface area contributed by atoms with Gasteiger partial charge in [-0.3, -0.25) is 14.4 Å². The first kappa shape index (κ1) is 25.0. The Labute approximate surface area is 196 Å². The summed E-state index contributed by atoms with van der Waals surface area (Å²) in [6.45, 7) is 7.43. The SMILES string of the molecule is CCC[C@@H]1C=C[C@H]2[C@@H](C(=O)N([C@H](CO)c3ccccc3)[C@@H]2C(=O)NC(C)C)[C@@H]1C(=O)OCC. The predicted octanol–water partition coefficient (Wildman–Crippen LogP) is 2.85. The van der Waals surface area contributed by atoms with Crippen LogP contribution >= 0.6 is 0 Å². The number of carbonyl (C=O) groups excluding carboxylic acids is 3. The number of rotatable bonds is 9. The summed E-state index contributed by atoms with van der Waals surface area (Å²) < 4.78 is 5.39. The average Bonchev–Trinajstić information content (AvgIpc) is 3.07. The van der Waals surface area contributed by atoms with Gasteiger partial charge >= 0.3 is 5.97 Å². The maximum Gasteiger partial charge on any atom is 0.310 e. The maximum absolute atomic E-state index is 14.0. The average molecular weight is 457 g/mol. The molecule has 0 unspecified atom stereocenters. The van der Waals surface area contributed by atoms with E-state index in [0.29, 0.717) is 0 Å². The monoisotopic (exact) mass is 456 g/mol. The first-order chi connectivity index (χ1) is 15.8. The first-order valence-electron chi connectivity index (χ1n) is 12.0. The van der Waals surface area contributed by atoms with Gasteiger partial charge in [0.05, 0.1) is 31.1 Å². The fourth-order valence-corrected chi connectivity index (χ4v) is 5.35. The second-order valence-electron chi connectivity index (χ2n) is 9.18. The van der Waals surface area contributed by atoms with Gasteiger partial charge < -0.3 is 20.1 Å². The molecular weight excluding hydrogens is 420 g/mol. The standard InChI is InChI=1S/C26H36N2O5/c1-5-10-18-13-14-19-22(21(18)26(32)33-6-2)25(31)28(23(19)24(30)27-16(3)4)20(15-29)17-11-8-7-9-12-17/h7-9,11-14,16,18-23,29H,5-6,10,15H2,1-4H3,(H,27,30)/t18-,19+,20-,21-,22-,23+/m1/s1. The van der Waals surface area contributed by atoms with Crippen molar-refractivity contribution in [2.24, 2.45) is 23.7 Å². The van der Waals surface area contributed by atoms with Crippen LogP contribution in [0.5, 0.6) is 0 Å². The van der Waals surface area contributed by atoms with E-state index in [0.717, 1.165) is 18.4 Å². The maximum atomic E-state index is 14.0. The van der Waals surface area contributed by atoms with Crippen LogP contribution in [0.3, 0.4) is 0 Å². The van der Waals surface area contributed by atoms with Crippen molar-refractivity contribution in [1.82, 2.24) is 10.2 Å². The molecule has 0 aromatic heterocycles. The van der Waals surface area contributed by atoms with Crippen molar-refractivity contribution in [2.45, 2.75) is 58.7 Å². The lowest BCUT2D eigenvalue weighted by molar-refractivity contribution is -0.156. The summed E-state index contributed by atoms with van der Waals surface area (Å²) in [4.78, 5) is 41.9. The fraction of sp³-hybridized carbons (Fsp3) is 0.577. The molecule has 1 heterocycles. The minimum absolute atomic E-state index is 0.112. The third kappa shape index (κ3) is 4.98. The minimum Gasteiger partial charge on any atom is -0.466 e. The van der Waals surface area contributed by atoms with Crippen molar-refractivity contribution in [3.05, 3.63) is 48.0 Å². The second-order valence-corrected chi connectivity index (χ2v) is 9.18. The largest absolute Gasteiger partial charge is 0.466 e. The Morgan fingerprint density at radius 1 is 1.15 bits per heavy atom. The quantitative estimate of drug-likeness (QED) is 0.440. The Morgan fingerprint density at radius 2 is 1.85 bits per heavy atom. The van der Waals surface area contributed by atoms with Gasteiger partial charge in [-0.05, 0) is 38.7 Å². The number of hydrogen-bond acceptors (Lipinski definition) is 5. The van der Waals surface area contributed by atoms with Crippen molar-refractivity contribution in [3.8, 4) is 0 Å². The Morgan fingerprint density at radius 3 is 2.42 bits per heavy atom. The van der Waals surface area contributed by atoms with Crippen molar-refractivity contribution >= 4 is 17.8 Å². The first-order valence-corrected chi connectivity index (χ1v) is 12.0. The van der Waals surface area contributed by atoms with Gasteiger partial charge in [-0.25, -0.2) is 0 Å². The van der Waals surface area contributed by atoms with E-state index in [4.69, 9.17) is 4.74 Å². The highest BCUT2D eigenvalue weighted by atomic mass is 16.5. The third-order valence-electron chi connectivity index (χ3n) is 6.62. The molecule has 2 aliphatic rings. The van der Waals surface area contributed by atoms with E-state index in [-0.39, 0.29) is 37.0 Å². The van der Waals surface area contributed by atoms with E-state index in [1.807, 2.05) is 63.3 Å². The number of aliphatic hydroxyl groups is 1. The topological polar surface area (TPSA) is 95.9 Å². The summed E-state index contributed by atoms with van der Waals surface area (Å²) in [5.41, 5.74) is 0.746. The molecule has 6 atom stereocenters. The van der Waals surface area contributed by atoms with Crippen molar-refractivity contribution in [1.29, 1.82) is 0 Å². The second kappa shape index (κ2) is 11.0. The summed E-state index contributed by atoms with van der Waals surface area (Å²) in [5, 5.41) is 13.3. The Bertz CT molecular complexity index is 869. The molecule has 0 radical (unpaired) electrons. The molecule has 33 heavy (non-hydrogen) atoms. The Hall–Kier alpha value is -2.67. The van der Waals surface area contributed by atoms with Gasteiger partial charge in [-0.15, -0.1) is 0 Å². The molecule has 1 aliphatic carbocycles. The number of aliphatic hydroxyl groups excluding tert-OH is 1. The summed E-state index contributed by atoms with van der Waals surface area (Å²) in [5.74, 6) is -2.91. The molecule has 3 rings (SSSR count). The molecule has 0 bridgehead atoms. The number of amides is 2. The van der Waals surface area contributed by atoms with Crippen LogP contribution in [0.25, 0.3) is 0 Å². The smallest absolute Gasteiger partial charge is 0.310 e. The summed E-state index contributed by atoms with van der Waals surface area (Å²) in [7, 11) is 0.